The van der Waals surface area contributed by atoms with E-state index < -0.39 is 78.8 Å². The fourth-order valence-corrected chi connectivity index (χ4v) is 3.89. The molecule has 0 unspecified atom stereocenters. The van der Waals surface area contributed by atoms with Crippen LogP contribution in [0.5, 0.6) is 11.5 Å². The quantitative estimate of drug-likeness (QED) is 0.0954. The molecule has 0 radical (unpaired) electrons. The second-order valence-corrected chi connectivity index (χ2v) is 9.91. The lowest BCUT2D eigenvalue weighted by Gasteiger charge is -2.24. The van der Waals surface area contributed by atoms with Gasteiger partial charge in [-0.2, -0.15) is 0 Å². The number of phenolic OH excluding ortho intramolecular Hbond substituents is 2. The summed E-state index contributed by atoms with van der Waals surface area (Å²) in [6, 6.07) is 5.46. The van der Waals surface area contributed by atoms with Gasteiger partial charge in [-0.3, -0.25) is 24.0 Å². The first-order valence-corrected chi connectivity index (χ1v) is 13.3. The Labute approximate surface area is 251 Å². The fourth-order valence-electron chi connectivity index (χ4n) is 3.89. The number of amides is 4. The van der Waals surface area contributed by atoms with Gasteiger partial charge in [0.15, 0.2) is 6.04 Å². The highest BCUT2D eigenvalue weighted by Gasteiger charge is 2.30. The Morgan fingerprint density at radius 2 is 1.18 bits per heavy atom. The number of nitrogens with two attached hydrogens (primary N) is 1. The lowest BCUT2D eigenvalue weighted by molar-refractivity contribution is -0.144. The van der Waals surface area contributed by atoms with Crippen LogP contribution in [0.25, 0.3) is 0 Å². The van der Waals surface area contributed by atoms with Crippen LogP contribution in [0.1, 0.15) is 24.5 Å². The summed E-state index contributed by atoms with van der Waals surface area (Å²) in [5.74, 6) is -6.59. The van der Waals surface area contributed by atoms with Crippen molar-refractivity contribution in [3.63, 3.8) is 0 Å². The number of carbonyl (C=O) groups excluding carboxylic acids is 4. The van der Waals surface area contributed by atoms with Crippen molar-refractivity contribution >= 4 is 35.6 Å². The Kier molecular flexibility index (Phi) is 13.1. The van der Waals surface area contributed by atoms with Crippen LogP contribution in [0.4, 0.5) is 0 Å². The van der Waals surface area contributed by atoms with Crippen LogP contribution >= 0.6 is 0 Å². The molecule has 0 spiro atoms. The number of aliphatic hydroxyl groups is 1. The molecule has 16 nitrogen and oxygen atoms in total. The minimum Gasteiger partial charge on any atom is -0.508 e. The third kappa shape index (κ3) is 11.6. The predicted octanol–water partition coefficient (Wildman–Crippen LogP) is -2.28. The van der Waals surface area contributed by atoms with Gasteiger partial charge in [-0.15, -0.1) is 0 Å². The zero-order valence-electron chi connectivity index (χ0n) is 23.6. The number of aliphatic carboxylic acids is 2. The fraction of sp³-hybridized carbons (Fsp3) is 0.357. The zero-order valence-corrected chi connectivity index (χ0v) is 23.6. The molecule has 5 atom stereocenters. The number of carbonyl (C=O) groups is 6. The lowest BCUT2D eigenvalue weighted by Crippen LogP contribution is -2.58. The average Bonchev–Trinajstić information content (AvgIpc) is 2.95. The van der Waals surface area contributed by atoms with Gasteiger partial charge in [0.2, 0.25) is 23.6 Å². The van der Waals surface area contributed by atoms with E-state index in [1.807, 2.05) is 0 Å². The second-order valence-electron chi connectivity index (χ2n) is 9.91. The summed E-state index contributed by atoms with van der Waals surface area (Å²) >= 11 is 0. The van der Waals surface area contributed by atoms with E-state index in [1.165, 1.54) is 48.5 Å². The number of hydrogen-bond acceptors (Lipinski definition) is 10. The SMILES string of the molecule is C[C@@H](O)[C@H](NC(=O)CNC(=O)[C@H](Cc1ccc(O)cc1)NC(=O)[C@H](Cc1ccc(O)cc1)NC(=O)[C@@H](N)CC(=O)O)C(=O)O. The van der Waals surface area contributed by atoms with Crippen LogP contribution < -0.4 is 27.0 Å². The third-order valence-electron chi connectivity index (χ3n) is 6.24. The Bertz CT molecular complexity index is 1330. The smallest absolute Gasteiger partial charge is 0.328 e. The summed E-state index contributed by atoms with van der Waals surface area (Å²) in [5.41, 5.74) is 6.62. The highest BCUT2D eigenvalue weighted by atomic mass is 16.4. The molecular weight excluding hydrogens is 582 g/mol. The van der Waals surface area contributed by atoms with E-state index >= 15 is 0 Å². The standard InChI is InChI=1S/C28H35N5O11/c1-14(34)24(28(43)44)33-22(37)13-30-26(41)20(10-15-2-6-17(35)7-3-15)32-27(42)21(11-16-4-8-18(36)9-5-16)31-25(40)19(29)12-23(38)39/h2-9,14,19-21,24,34-36H,10-13,29H2,1H3,(H,30,41)(H,31,40)(H,32,42)(H,33,37)(H,38,39)(H,43,44)/t14-,19+,20+,21+,24+/m1/s1. The van der Waals surface area contributed by atoms with E-state index in [1.54, 1.807) is 0 Å². The molecule has 0 bridgehead atoms. The van der Waals surface area contributed by atoms with E-state index in [-0.39, 0.29) is 24.3 Å². The number of nitrogens with one attached hydrogen (secondary N) is 4. The first-order valence-electron chi connectivity index (χ1n) is 13.3. The molecule has 0 aliphatic carbocycles. The summed E-state index contributed by atoms with van der Waals surface area (Å²) < 4.78 is 0. The molecule has 4 amide bonds. The van der Waals surface area contributed by atoms with Crippen LogP contribution in [-0.2, 0) is 41.6 Å². The maximum atomic E-state index is 13.5. The number of carboxylic acid groups (broad SMARTS) is 2. The molecule has 0 saturated carbocycles. The predicted molar refractivity (Wildman–Crippen MR) is 152 cm³/mol. The van der Waals surface area contributed by atoms with Gasteiger partial charge in [0.05, 0.1) is 25.1 Å². The molecule has 0 heterocycles. The zero-order chi connectivity index (χ0) is 33.0. The van der Waals surface area contributed by atoms with Gasteiger partial charge in [-0.1, -0.05) is 24.3 Å². The molecule has 238 valence electrons. The van der Waals surface area contributed by atoms with Crippen LogP contribution in [0, 0.1) is 0 Å². The van der Waals surface area contributed by atoms with Crippen molar-refractivity contribution in [2.24, 2.45) is 5.73 Å². The van der Waals surface area contributed by atoms with E-state index in [4.69, 9.17) is 15.9 Å². The van der Waals surface area contributed by atoms with Crippen LogP contribution in [0.3, 0.4) is 0 Å². The molecule has 2 rings (SSSR count). The molecule has 0 aromatic heterocycles. The van der Waals surface area contributed by atoms with Crippen molar-refractivity contribution in [1.82, 2.24) is 21.3 Å². The Balaban J connectivity index is 2.27. The molecule has 0 aliphatic heterocycles. The maximum absolute atomic E-state index is 13.5. The monoisotopic (exact) mass is 617 g/mol. The van der Waals surface area contributed by atoms with E-state index in [0.717, 1.165) is 6.92 Å². The topological polar surface area (TPSA) is 278 Å². The second kappa shape index (κ2) is 16.4. The summed E-state index contributed by atoms with van der Waals surface area (Å²) in [4.78, 5) is 73.8. The van der Waals surface area contributed by atoms with Gasteiger partial charge in [0.1, 0.15) is 23.6 Å². The first-order chi connectivity index (χ1) is 20.7. The summed E-state index contributed by atoms with van der Waals surface area (Å²) in [7, 11) is 0. The Morgan fingerprint density at radius 3 is 1.61 bits per heavy atom. The summed E-state index contributed by atoms with van der Waals surface area (Å²) in [5, 5.41) is 56.1. The molecule has 44 heavy (non-hydrogen) atoms. The van der Waals surface area contributed by atoms with Gasteiger partial charge in [0, 0.05) is 12.8 Å². The van der Waals surface area contributed by atoms with E-state index in [2.05, 4.69) is 21.3 Å². The number of aromatic hydroxyl groups is 2. The van der Waals surface area contributed by atoms with Crippen molar-refractivity contribution < 1.29 is 54.3 Å². The molecule has 0 fully saturated rings. The van der Waals surface area contributed by atoms with Crippen molar-refractivity contribution in [1.29, 1.82) is 0 Å². The normalized spacial score (nSPS) is 14.2. The van der Waals surface area contributed by atoms with E-state index in [0.29, 0.717) is 11.1 Å². The number of carboxylic acids is 2. The highest BCUT2D eigenvalue weighted by Crippen LogP contribution is 2.14. The molecule has 0 aliphatic rings. The van der Waals surface area contributed by atoms with Crippen LogP contribution in [0.2, 0.25) is 0 Å². The van der Waals surface area contributed by atoms with Gasteiger partial charge in [0.25, 0.3) is 0 Å². The van der Waals surface area contributed by atoms with Gasteiger partial charge in [-0.25, -0.2) is 4.79 Å². The van der Waals surface area contributed by atoms with E-state index in [9.17, 15) is 44.1 Å². The van der Waals surface area contributed by atoms with Crippen molar-refractivity contribution in [2.45, 2.75) is 56.5 Å². The van der Waals surface area contributed by atoms with Crippen molar-refractivity contribution in [2.75, 3.05) is 6.54 Å². The number of rotatable bonds is 16. The summed E-state index contributed by atoms with van der Waals surface area (Å²) in [6.07, 6.45) is -2.45. The Morgan fingerprint density at radius 1 is 0.727 bits per heavy atom. The molecule has 0 saturated heterocycles. The van der Waals surface area contributed by atoms with Crippen molar-refractivity contribution in [3.05, 3.63) is 59.7 Å². The van der Waals surface area contributed by atoms with Gasteiger partial charge < -0.3 is 52.5 Å². The highest BCUT2D eigenvalue weighted by molar-refractivity contribution is 5.95. The molecule has 2 aromatic carbocycles. The molecular formula is C28H35N5O11. The lowest BCUT2D eigenvalue weighted by atomic mass is 10.0. The minimum absolute atomic E-state index is 0.0555. The number of phenols is 2. The Hall–Kier alpha value is -5.22. The minimum atomic E-state index is -1.64. The van der Waals surface area contributed by atoms with Crippen LogP contribution in [0.15, 0.2) is 48.5 Å². The largest absolute Gasteiger partial charge is 0.508 e. The molecule has 16 heteroatoms. The van der Waals surface area contributed by atoms with Crippen LogP contribution in [-0.4, -0.2) is 97.9 Å². The summed E-state index contributed by atoms with van der Waals surface area (Å²) in [6.45, 7) is 0.442. The molecule has 11 N–H and O–H groups in total. The number of benzene rings is 2. The average molecular weight is 618 g/mol. The first kappa shape index (κ1) is 35.0. The van der Waals surface area contributed by atoms with Crippen molar-refractivity contribution in [3.8, 4) is 11.5 Å². The maximum Gasteiger partial charge on any atom is 0.328 e. The van der Waals surface area contributed by atoms with Gasteiger partial charge >= 0.3 is 11.9 Å². The van der Waals surface area contributed by atoms with Gasteiger partial charge in [-0.05, 0) is 42.3 Å². The third-order valence-corrected chi connectivity index (χ3v) is 6.24. The molecule has 2 aromatic rings. The number of aliphatic hydroxyl groups excluding tert-OH is 1. The number of hydrogen-bond donors (Lipinski definition) is 10.